The standard InChI is InChI=1S/C19H13NO6S2/c1-25-19(22)17-18(13-4-2-3-5-15(13)27-17)28(23,24)20-12-7-8-14-11(10-12)6-9-16(21)26-14/h2-10,20H,1H3. The Morgan fingerprint density at radius 1 is 1.11 bits per heavy atom. The molecule has 0 aliphatic rings. The van der Waals surface area contributed by atoms with E-state index in [0.29, 0.717) is 21.1 Å². The van der Waals surface area contributed by atoms with E-state index in [-0.39, 0.29) is 15.5 Å². The smallest absolute Gasteiger partial charge is 0.349 e. The fourth-order valence-corrected chi connectivity index (χ4v) is 5.73. The van der Waals surface area contributed by atoms with Gasteiger partial charge in [0.25, 0.3) is 10.0 Å². The summed E-state index contributed by atoms with van der Waals surface area (Å²) < 4.78 is 39.2. The summed E-state index contributed by atoms with van der Waals surface area (Å²) in [5.41, 5.74) is 0.118. The van der Waals surface area contributed by atoms with Crippen LogP contribution in [0.5, 0.6) is 0 Å². The Bertz CT molecular complexity index is 1380. The topological polar surface area (TPSA) is 103 Å². The van der Waals surface area contributed by atoms with Crippen molar-refractivity contribution in [2.24, 2.45) is 0 Å². The summed E-state index contributed by atoms with van der Waals surface area (Å²) in [4.78, 5) is 23.3. The lowest BCUT2D eigenvalue weighted by molar-refractivity contribution is 0.0602. The molecule has 0 saturated heterocycles. The summed E-state index contributed by atoms with van der Waals surface area (Å²) in [6, 6.07) is 14.2. The Kier molecular flexibility index (Phi) is 4.40. The number of esters is 1. The molecule has 4 rings (SSSR count). The molecule has 0 aliphatic heterocycles. The van der Waals surface area contributed by atoms with Crippen LogP contribution in [0.2, 0.25) is 0 Å². The molecule has 4 aromatic rings. The van der Waals surface area contributed by atoms with Gasteiger partial charge in [-0.2, -0.15) is 0 Å². The van der Waals surface area contributed by atoms with Crippen molar-refractivity contribution in [3.05, 3.63) is 69.9 Å². The van der Waals surface area contributed by atoms with Gasteiger partial charge in [0.1, 0.15) is 15.4 Å². The largest absolute Gasteiger partial charge is 0.465 e. The van der Waals surface area contributed by atoms with E-state index in [1.807, 2.05) is 0 Å². The zero-order valence-corrected chi connectivity index (χ0v) is 16.1. The molecule has 7 nitrogen and oxygen atoms in total. The van der Waals surface area contributed by atoms with Gasteiger partial charge >= 0.3 is 11.6 Å². The van der Waals surface area contributed by atoms with Gasteiger partial charge in [0.2, 0.25) is 0 Å². The summed E-state index contributed by atoms with van der Waals surface area (Å²) in [5, 5.41) is 0.996. The van der Waals surface area contributed by atoms with Crippen molar-refractivity contribution in [2.75, 3.05) is 11.8 Å². The predicted molar refractivity (Wildman–Crippen MR) is 106 cm³/mol. The Hall–Kier alpha value is -3.17. The van der Waals surface area contributed by atoms with Gasteiger partial charge in [-0.25, -0.2) is 18.0 Å². The van der Waals surface area contributed by atoms with Crippen LogP contribution in [0.3, 0.4) is 0 Å². The molecule has 0 amide bonds. The Morgan fingerprint density at radius 3 is 2.68 bits per heavy atom. The highest BCUT2D eigenvalue weighted by molar-refractivity contribution is 7.93. The number of methoxy groups -OCH3 is 1. The lowest BCUT2D eigenvalue weighted by Crippen LogP contribution is -2.16. The van der Waals surface area contributed by atoms with Crippen molar-refractivity contribution >= 4 is 54.1 Å². The summed E-state index contributed by atoms with van der Waals surface area (Å²) in [5.74, 6) is -0.720. The van der Waals surface area contributed by atoms with Gasteiger partial charge in [-0.1, -0.05) is 18.2 Å². The minimum absolute atomic E-state index is 0.00276. The van der Waals surface area contributed by atoms with E-state index in [4.69, 9.17) is 9.15 Å². The molecule has 0 fully saturated rings. The van der Waals surface area contributed by atoms with E-state index in [1.54, 1.807) is 36.4 Å². The van der Waals surface area contributed by atoms with Crippen LogP contribution in [-0.4, -0.2) is 21.5 Å². The number of anilines is 1. The van der Waals surface area contributed by atoms with Crippen LogP contribution in [0.25, 0.3) is 21.1 Å². The molecule has 142 valence electrons. The number of carbonyl (C=O) groups is 1. The number of thiophene rings is 1. The molecule has 2 aromatic heterocycles. The van der Waals surface area contributed by atoms with E-state index in [2.05, 4.69) is 4.72 Å². The van der Waals surface area contributed by atoms with Crippen molar-refractivity contribution in [3.8, 4) is 0 Å². The number of rotatable bonds is 4. The van der Waals surface area contributed by atoms with E-state index in [0.717, 1.165) is 11.3 Å². The Labute approximate surface area is 163 Å². The molecule has 0 radical (unpaired) electrons. The van der Waals surface area contributed by atoms with Crippen molar-refractivity contribution in [3.63, 3.8) is 0 Å². The quantitative estimate of drug-likeness (QED) is 0.404. The van der Waals surface area contributed by atoms with Crippen molar-refractivity contribution in [1.29, 1.82) is 0 Å². The van der Waals surface area contributed by atoms with Crippen LogP contribution < -0.4 is 10.3 Å². The molecule has 2 heterocycles. The fourth-order valence-electron chi connectivity index (χ4n) is 2.86. The first kappa shape index (κ1) is 18.2. The number of hydrogen-bond donors (Lipinski definition) is 1. The van der Waals surface area contributed by atoms with Gasteiger partial charge < -0.3 is 9.15 Å². The van der Waals surface area contributed by atoms with Gasteiger partial charge in [0.15, 0.2) is 0 Å². The third-order valence-electron chi connectivity index (χ3n) is 4.06. The van der Waals surface area contributed by atoms with Gasteiger partial charge in [0.05, 0.1) is 7.11 Å². The van der Waals surface area contributed by atoms with E-state index < -0.39 is 21.6 Å². The second-order valence-corrected chi connectivity index (χ2v) is 8.53. The molecule has 0 aliphatic carbocycles. The van der Waals surface area contributed by atoms with Crippen LogP contribution >= 0.6 is 11.3 Å². The molecule has 0 saturated carbocycles. The number of carbonyl (C=O) groups excluding carboxylic acids is 1. The fraction of sp³-hybridized carbons (Fsp3) is 0.0526. The first-order valence-corrected chi connectivity index (χ1v) is 10.4. The van der Waals surface area contributed by atoms with Gasteiger partial charge in [-0.3, -0.25) is 4.72 Å². The van der Waals surface area contributed by atoms with Gasteiger partial charge in [0, 0.05) is 27.2 Å². The van der Waals surface area contributed by atoms with Crippen LogP contribution in [-0.2, 0) is 14.8 Å². The maximum absolute atomic E-state index is 13.1. The minimum atomic E-state index is -4.09. The van der Waals surface area contributed by atoms with Crippen LogP contribution in [0.1, 0.15) is 9.67 Å². The molecule has 0 bridgehead atoms. The zero-order chi connectivity index (χ0) is 19.9. The molecule has 9 heteroatoms. The van der Waals surface area contributed by atoms with E-state index in [1.165, 1.54) is 25.3 Å². The highest BCUT2D eigenvalue weighted by Crippen LogP contribution is 2.36. The molecular formula is C19H13NO6S2. The van der Waals surface area contributed by atoms with Crippen LogP contribution in [0, 0.1) is 0 Å². The summed E-state index contributed by atoms with van der Waals surface area (Å²) in [6.07, 6.45) is 0. The number of hydrogen-bond acceptors (Lipinski definition) is 7. The molecule has 0 atom stereocenters. The Balaban J connectivity index is 1.84. The molecule has 0 unspecified atom stereocenters. The highest BCUT2D eigenvalue weighted by atomic mass is 32.2. The lowest BCUT2D eigenvalue weighted by atomic mass is 10.2. The minimum Gasteiger partial charge on any atom is -0.465 e. The predicted octanol–water partition coefficient (Wildman–Crippen LogP) is 3.60. The summed E-state index contributed by atoms with van der Waals surface area (Å²) >= 11 is 1.05. The average molecular weight is 415 g/mol. The maximum Gasteiger partial charge on any atom is 0.349 e. The second kappa shape index (κ2) is 6.77. The summed E-state index contributed by atoms with van der Waals surface area (Å²) in [7, 11) is -2.89. The van der Waals surface area contributed by atoms with Crippen molar-refractivity contribution in [1.82, 2.24) is 0 Å². The third-order valence-corrected chi connectivity index (χ3v) is 6.81. The van der Waals surface area contributed by atoms with E-state index >= 15 is 0 Å². The molecule has 0 spiro atoms. The molecular weight excluding hydrogens is 402 g/mol. The average Bonchev–Trinajstić information content (AvgIpc) is 3.08. The Morgan fingerprint density at radius 2 is 1.89 bits per heavy atom. The van der Waals surface area contributed by atoms with Crippen molar-refractivity contribution < 1.29 is 22.4 Å². The SMILES string of the molecule is COC(=O)c1sc2ccccc2c1S(=O)(=O)Nc1ccc2oc(=O)ccc2c1. The third kappa shape index (κ3) is 3.14. The highest BCUT2D eigenvalue weighted by Gasteiger charge is 2.29. The van der Waals surface area contributed by atoms with E-state index in [9.17, 15) is 18.0 Å². The summed E-state index contributed by atoms with van der Waals surface area (Å²) in [6.45, 7) is 0. The van der Waals surface area contributed by atoms with Crippen LogP contribution in [0.15, 0.2) is 68.7 Å². The molecule has 2 aromatic carbocycles. The van der Waals surface area contributed by atoms with Gasteiger partial charge in [-0.15, -0.1) is 11.3 Å². The number of benzene rings is 2. The monoisotopic (exact) mass is 415 g/mol. The zero-order valence-electron chi connectivity index (χ0n) is 14.5. The molecule has 1 N–H and O–H groups in total. The second-order valence-electron chi connectivity index (χ2n) is 5.86. The van der Waals surface area contributed by atoms with Crippen molar-refractivity contribution in [2.45, 2.75) is 4.90 Å². The lowest BCUT2D eigenvalue weighted by Gasteiger charge is -2.10. The maximum atomic E-state index is 13.1. The first-order valence-electron chi connectivity index (χ1n) is 8.05. The normalized spacial score (nSPS) is 11.6. The number of nitrogens with one attached hydrogen (secondary N) is 1. The number of sulfonamides is 1. The van der Waals surface area contributed by atoms with Crippen LogP contribution in [0.4, 0.5) is 5.69 Å². The molecule has 28 heavy (non-hydrogen) atoms. The number of ether oxygens (including phenoxy) is 1. The van der Waals surface area contributed by atoms with Gasteiger partial charge in [-0.05, 0) is 30.3 Å². The first-order chi connectivity index (χ1) is 13.4. The number of fused-ring (bicyclic) bond motifs is 2.